The van der Waals surface area contributed by atoms with Crippen LogP contribution >= 0.6 is 15.9 Å². The Labute approximate surface area is 118 Å². The number of nitro groups is 1. The first-order valence-corrected chi connectivity index (χ1v) is 7.00. The van der Waals surface area contributed by atoms with E-state index in [2.05, 4.69) is 15.9 Å². The zero-order valence-corrected chi connectivity index (χ0v) is 11.7. The maximum absolute atomic E-state index is 11.8. The van der Waals surface area contributed by atoms with Gasteiger partial charge in [-0.3, -0.25) is 14.9 Å². The molecular formula is C13H14BrNO4. The fourth-order valence-corrected chi connectivity index (χ4v) is 2.97. The van der Waals surface area contributed by atoms with Crippen molar-refractivity contribution < 1.29 is 14.8 Å². The van der Waals surface area contributed by atoms with E-state index in [1.807, 2.05) is 0 Å². The standard InChI is InChI=1S/C13H14BrNO4/c14-9-3-6-12(16)11(7-9)13(17)8-1-4-10(5-2-8)15(18)19/h1-2,4-5,9,11,13,17H,3,6-7H2/t9-,11+,13-/m0/s1. The van der Waals surface area contributed by atoms with Crippen molar-refractivity contribution in [3.63, 3.8) is 0 Å². The molecule has 2 rings (SSSR count). The molecule has 5 nitrogen and oxygen atoms in total. The van der Waals surface area contributed by atoms with Crippen LogP contribution in [0.2, 0.25) is 0 Å². The molecule has 1 saturated carbocycles. The highest BCUT2D eigenvalue weighted by molar-refractivity contribution is 9.09. The van der Waals surface area contributed by atoms with Gasteiger partial charge >= 0.3 is 0 Å². The molecule has 0 spiro atoms. The Morgan fingerprint density at radius 2 is 2.00 bits per heavy atom. The van der Waals surface area contributed by atoms with Crippen molar-refractivity contribution in [2.75, 3.05) is 0 Å². The maximum atomic E-state index is 11.8. The molecule has 0 amide bonds. The molecule has 1 aliphatic rings. The van der Waals surface area contributed by atoms with Crippen molar-refractivity contribution in [3.8, 4) is 0 Å². The van der Waals surface area contributed by atoms with Crippen LogP contribution < -0.4 is 0 Å². The Bertz CT molecular complexity index is 488. The largest absolute Gasteiger partial charge is 0.388 e. The highest BCUT2D eigenvalue weighted by Gasteiger charge is 2.33. The average molecular weight is 328 g/mol. The Morgan fingerprint density at radius 1 is 1.37 bits per heavy atom. The lowest BCUT2D eigenvalue weighted by Crippen LogP contribution is -2.30. The van der Waals surface area contributed by atoms with Crippen LogP contribution in [0.1, 0.15) is 30.9 Å². The second-order valence-corrected chi connectivity index (χ2v) is 6.03. The van der Waals surface area contributed by atoms with Crippen LogP contribution in [-0.2, 0) is 4.79 Å². The Kier molecular flexibility index (Phi) is 4.31. The van der Waals surface area contributed by atoms with Crippen molar-refractivity contribution in [2.24, 2.45) is 5.92 Å². The quantitative estimate of drug-likeness (QED) is 0.526. The smallest absolute Gasteiger partial charge is 0.269 e. The van der Waals surface area contributed by atoms with Gasteiger partial charge in [0.1, 0.15) is 5.78 Å². The summed E-state index contributed by atoms with van der Waals surface area (Å²) in [6.07, 6.45) is 0.956. The lowest BCUT2D eigenvalue weighted by molar-refractivity contribution is -0.384. The van der Waals surface area contributed by atoms with Crippen molar-refractivity contribution in [1.29, 1.82) is 0 Å². The molecule has 0 bridgehead atoms. The summed E-state index contributed by atoms with van der Waals surface area (Å²) < 4.78 is 0. The number of ketones is 1. The summed E-state index contributed by atoms with van der Waals surface area (Å²) in [6, 6.07) is 5.71. The molecule has 0 heterocycles. The molecule has 1 aliphatic carbocycles. The zero-order valence-electron chi connectivity index (χ0n) is 10.2. The van der Waals surface area contributed by atoms with Crippen LogP contribution in [0.5, 0.6) is 0 Å². The molecule has 0 aromatic heterocycles. The molecule has 19 heavy (non-hydrogen) atoms. The zero-order chi connectivity index (χ0) is 14.0. The number of nitro benzene ring substituents is 1. The highest BCUT2D eigenvalue weighted by Crippen LogP contribution is 2.35. The topological polar surface area (TPSA) is 80.4 Å². The number of carbonyl (C=O) groups is 1. The number of nitrogens with zero attached hydrogens (tertiary/aromatic N) is 1. The number of halogens is 1. The number of carbonyl (C=O) groups excluding carboxylic acids is 1. The Hall–Kier alpha value is -1.27. The fraction of sp³-hybridized carbons (Fsp3) is 0.462. The molecule has 6 heteroatoms. The first-order valence-electron chi connectivity index (χ1n) is 6.08. The molecule has 1 N–H and O–H groups in total. The predicted octanol–water partition coefficient (Wildman–Crippen LogP) is 2.76. The summed E-state index contributed by atoms with van der Waals surface area (Å²) in [5, 5.41) is 20.8. The number of rotatable bonds is 3. The minimum absolute atomic E-state index is 0.0238. The number of benzene rings is 1. The van der Waals surface area contributed by atoms with Crippen LogP contribution in [0, 0.1) is 16.0 Å². The van der Waals surface area contributed by atoms with Crippen LogP contribution in [-0.4, -0.2) is 20.6 Å². The van der Waals surface area contributed by atoms with Gasteiger partial charge in [0, 0.05) is 29.3 Å². The Balaban J connectivity index is 2.16. The van der Waals surface area contributed by atoms with E-state index in [-0.39, 0.29) is 16.3 Å². The molecule has 1 aromatic rings. The van der Waals surface area contributed by atoms with E-state index in [0.29, 0.717) is 18.4 Å². The SMILES string of the molecule is O=C1CC[C@H](Br)C[C@H]1[C@@H](O)c1ccc([N+](=O)[O-])cc1. The summed E-state index contributed by atoms with van der Waals surface area (Å²) in [5.41, 5.74) is 0.523. The first-order chi connectivity index (χ1) is 8.99. The molecular weight excluding hydrogens is 314 g/mol. The van der Waals surface area contributed by atoms with Gasteiger partial charge in [-0.15, -0.1) is 0 Å². The van der Waals surface area contributed by atoms with Gasteiger partial charge in [-0.2, -0.15) is 0 Å². The molecule has 0 radical (unpaired) electrons. The van der Waals surface area contributed by atoms with E-state index in [1.54, 1.807) is 0 Å². The summed E-state index contributed by atoms with van der Waals surface area (Å²) in [6.45, 7) is 0. The van der Waals surface area contributed by atoms with Gasteiger partial charge in [-0.05, 0) is 30.5 Å². The molecule has 102 valence electrons. The summed E-state index contributed by atoms with van der Waals surface area (Å²) in [5.74, 6) is -0.374. The number of non-ortho nitro benzene ring substituents is 1. The van der Waals surface area contributed by atoms with E-state index in [0.717, 1.165) is 6.42 Å². The second-order valence-electron chi connectivity index (χ2n) is 4.74. The van der Waals surface area contributed by atoms with Crippen LogP contribution in [0.4, 0.5) is 5.69 Å². The predicted molar refractivity (Wildman–Crippen MR) is 73.1 cm³/mol. The first kappa shape index (κ1) is 14.1. The molecule has 0 unspecified atom stereocenters. The molecule has 1 fully saturated rings. The minimum atomic E-state index is -0.895. The molecule has 1 aromatic carbocycles. The van der Waals surface area contributed by atoms with Gasteiger partial charge in [0.15, 0.2) is 0 Å². The summed E-state index contributed by atoms with van der Waals surface area (Å²) in [4.78, 5) is 22.2. The fourth-order valence-electron chi connectivity index (χ4n) is 2.34. The average Bonchev–Trinajstić information content (AvgIpc) is 2.41. The van der Waals surface area contributed by atoms with E-state index >= 15 is 0 Å². The van der Waals surface area contributed by atoms with Crippen LogP contribution in [0.25, 0.3) is 0 Å². The van der Waals surface area contributed by atoms with Crippen molar-refractivity contribution >= 4 is 27.4 Å². The minimum Gasteiger partial charge on any atom is -0.388 e. The molecule has 0 saturated heterocycles. The van der Waals surface area contributed by atoms with Gasteiger partial charge in [0.25, 0.3) is 5.69 Å². The van der Waals surface area contributed by atoms with E-state index < -0.39 is 16.9 Å². The third kappa shape index (κ3) is 3.19. The van der Waals surface area contributed by atoms with Crippen molar-refractivity contribution in [3.05, 3.63) is 39.9 Å². The number of aliphatic hydroxyl groups excluding tert-OH is 1. The molecule has 0 aliphatic heterocycles. The van der Waals surface area contributed by atoms with Gasteiger partial charge in [0.2, 0.25) is 0 Å². The Morgan fingerprint density at radius 3 is 2.58 bits per heavy atom. The van der Waals surface area contributed by atoms with Gasteiger partial charge in [-0.1, -0.05) is 15.9 Å². The number of hydrogen-bond acceptors (Lipinski definition) is 4. The van der Waals surface area contributed by atoms with Crippen LogP contribution in [0.15, 0.2) is 24.3 Å². The number of aliphatic hydroxyl groups is 1. The van der Waals surface area contributed by atoms with Crippen LogP contribution in [0.3, 0.4) is 0 Å². The van der Waals surface area contributed by atoms with Gasteiger partial charge in [-0.25, -0.2) is 0 Å². The number of Topliss-reactive ketones (excluding diaryl/α,β-unsaturated/α-hetero) is 1. The normalized spacial score (nSPS) is 25.1. The third-order valence-corrected chi connectivity index (χ3v) is 4.29. The highest BCUT2D eigenvalue weighted by atomic mass is 79.9. The van der Waals surface area contributed by atoms with Crippen molar-refractivity contribution in [1.82, 2.24) is 0 Å². The molecule has 3 atom stereocenters. The van der Waals surface area contributed by atoms with Gasteiger partial charge < -0.3 is 5.11 Å². The monoisotopic (exact) mass is 327 g/mol. The summed E-state index contributed by atoms with van der Waals surface area (Å²) >= 11 is 3.48. The third-order valence-electron chi connectivity index (χ3n) is 3.45. The van der Waals surface area contributed by atoms with E-state index in [9.17, 15) is 20.0 Å². The van der Waals surface area contributed by atoms with E-state index in [1.165, 1.54) is 24.3 Å². The lowest BCUT2D eigenvalue weighted by atomic mass is 9.81. The second kappa shape index (κ2) is 5.79. The van der Waals surface area contributed by atoms with Gasteiger partial charge in [0.05, 0.1) is 11.0 Å². The van der Waals surface area contributed by atoms with E-state index in [4.69, 9.17) is 0 Å². The summed E-state index contributed by atoms with van der Waals surface area (Å²) in [7, 11) is 0. The lowest BCUT2D eigenvalue weighted by Gasteiger charge is -2.28. The number of hydrogen-bond donors (Lipinski definition) is 1. The van der Waals surface area contributed by atoms with Crippen molar-refractivity contribution in [2.45, 2.75) is 30.2 Å². The maximum Gasteiger partial charge on any atom is 0.269 e. The number of alkyl halides is 1.